The number of para-hydroxylation sites is 2. The zero-order chi connectivity index (χ0) is 18.8. The molecule has 1 aromatic heterocycles. The maximum atomic E-state index is 12.4. The molecule has 1 amide bonds. The SMILES string of the molecule is CCOc1ccc(-n2c(SCC(=O)N(C)C3CC3)nc3ccccc32)cc1. The van der Waals surface area contributed by atoms with Crippen LogP contribution in [0.2, 0.25) is 0 Å². The summed E-state index contributed by atoms with van der Waals surface area (Å²) in [4.78, 5) is 19.1. The van der Waals surface area contributed by atoms with E-state index in [4.69, 9.17) is 9.72 Å². The van der Waals surface area contributed by atoms with Gasteiger partial charge in [0.2, 0.25) is 5.91 Å². The first kappa shape index (κ1) is 17.9. The second kappa shape index (κ2) is 7.64. The highest BCUT2D eigenvalue weighted by molar-refractivity contribution is 7.99. The van der Waals surface area contributed by atoms with Crippen LogP contribution in [0, 0.1) is 0 Å². The van der Waals surface area contributed by atoms with Crippen LogP contribution in [0.1, 0.15) is 19.8 Å². The Morgan fingerprint density at radius 1 is 1.22 bits per heavy atom. The molecule has 0 radical (unpaired) electrons. The van der Waals surface area contributed by atoms with Gasteiger partial charge in [-0.05, 0) is 56.2 Å². The molecule has 27 heavy (non-hydrogen) atoms. The van der Waals surface area contributed by atoms with Crippen molar-refractivity contribution in [3.05, 3.63) is 48.5 Å². The Hall–Kier alpha value is -2.47. The third-order valence-corrected chi connectivity index (χ3v) is 5.67. The lowest BCUT2D eigenvalue weighted by Crippen LogP contribution is -2.30. The standard InChI is InChI=1S/C21H23N3O2S/c1-3-26-17-12-10-16(11-13-17)24-19-7-5-4-6-18(19)22-21(24)27-14-20(25)23(2)15-8-9-15/h4-7,10-13,15H,3,8-9,14H2,1-2H3. The van der Waals surface area contributed by atoms with Gasteiger partial charge in [0.15, 0.2) is 5.16 Å². The minimum Gasteiger partial charge on any atom is -0.494 e. The van der Waals surface area contributed by atoms with Gasteiger partial charge in [0.25, 0.3) is 0 Å². The number of ether oxygens (including phenoxy) is 1. The monoisotopic (exact) mass is 381 g/mol. The summed E-state index contributed by atoms with van der Waals surface area (Å²) in [5.74, 6) is 1.40. The summed E-state index contributed by atoms with van der Waals surface area (Å²) >= 11 is 1.49. The molecular formula is C21H23N3O2S. The zero-order valence-electron chi connectivity index (χ0n) is 15.6. The van der Waals surface area contributed by atoms with E-state index in [2.05, 4.69) is 10.6 Å². The molecule has 0 aliphatic heterocycles. The Kier molecular flexibility index (Phi) is 5.07. The highest BCUT2D eigenvalue weighted by Gasteiger charge is 2.29. The van der Waals surface area contributed by atoms with Crippen LogP contribution in [0.15, 0.2) is 53.7 Å². The lowest BCUT2D eigenvalue weighted by Gasteiger charge is -2.16. The highest BCUT2D eigenvalue weighted by Crippen LogP contribution is 2.30. The molecule has 0 unspecified atom stereocenters. The second-order valence-electron chi connectivity index (χ2n) is 6.67. The van der Waals surface area contributed by atoms with Crippen molar-refractivity contribution in [1.29, 1.82) is 0 Å². The summed E-state index contributed by atoms with van der Waals surface area (Å²) in [5.41, 5.74) is 2.97. The number of aromatic nitrogens is 2. The van der Waals surface area contributed by atoms with Crippen LogP contribution in [0.5, 0.6) is 5.75 Å². The predicted molar refractivity (Wildman–Crippen MR) is 109 cm³/mol. The van der Waals surface area contributed by atoms with E-state index in [1.165, 1.54) is 11.8 Å². The molecule has 3 aromatic rings. The first-order valence-corrected chi connectivity index (χ1v) is 10.2. The number of fused-ring (bicyclic) bond motifs is 1. The lowest BCUT2D eigenvalue weighted by atomic mass is 10.2. The van der Waals surface area contributed by atoms with E-state index in [9.17, 15) is 4.79 Å². The summed E-state index contributed by atoms with van der Waals surface area (Å²) in [6.45, 7) is 2.62. The highest BCUT2D eigenvalue weighted by atomic mass is 32.2. The normalized spacial score (nSPS) is 13.7. The van der Waals surface area contributed by atoms with E-state index in [0.717, 1.165) is 40.5 Å². The first-order valence-electron chi connectivity index (χ1n) is 9.26. The van der Waals surface area contributed by atoms with E-state index in [1.54, 1.807) is 0 Å². The molecule has 1 heterocycles. The third kappa shape index (κ3) is 3.81. The van der Waals surface area contributed by atoms with Gasteiger partial charge < -0.3 is 9.64 Å². The number of thioether (sulfide) groups is 1. The van der Waals surface area contributed by atoms with E-state index < -0.39 is 0 Å². The molecule has 140 valence electrons. The molecule has 1 fully saturated rings. The van der Waals surface area contributed by atoms with Crippen LogP contribution in [-0.2, 0) is 4.79 Å². The molecular weight excluding hydrogens is 358 g/mol. The molecule has 1 aliphatic rings. The van der Waals surface area contributed by atoms with E-state index >= 15 is 0 Å². The van der Waals surface area contributed by atoms with Crippen molar-refractivity contribution in [1.82, 2.24) is 14.5 Å². The van der Waals surface area contributed by atoms with Gasteiger partial charge in [-0.1, -0.05) is 23.9 Å². The fourth-order valence-corrected chi connectivity index (χ4v) is 4.05. The maximum Gasteiger partial charge on any atom is 0.233 e. The van der Waals surface area contributed by atoms with Crippen molar-refractivity contribution in [2.75, 3.05) is 19.4 Å². The van der Waals surface area contributed by atoms with Crippen molar-refractivity contribution in [2.24, 2.45) is 0 Å². The van der Waals surface area contributed by atoms with Crippen molar-refractivity contribution in [2.45, 2.75) is 31.0 Å². The van der Waals surface area contributed by atoms with Gasteiger partial charge in [-0.3, -0.25) is 9.36 Å². The largest absolute Gasteiger partial charge is 0.494 e. The van der Waals surface area contributed by atoms with Gasteiger partial charge in [0, 0.05) is 18.8 Å². The number of imidazole rings is 1. The Morgan fingerprint density at radius 2 is 1.96 bits per heavy atom. The van der Waals surface area contributed by atoms with E-state index in [1.807, 2.05) is 61.3 Å². The molecule has 0 atom stereocenters. The van der Waals surface area contributed by atoms with Crippen LogP contribution < -0.4 is 4.74 Å². The van der Waals surface area contributed by atoms with Crippen LogP contribution in [-0.4, -0.2) is 45.8 Å². The maximum absolute atomic E-state index is 12.4. The number of nitrogens with zero attached hydrogens (tertiary/aromatic N) is 3. The van der Waals surface area contributed by atoms with Crippen LogP contribution in [0.3, 0.4) is 0 Å². The summed E-state index contributed by atoms with van der Waals surface area (Å²) in [6.07, 6.45) is 2.25. The number of amides is 1. The topological polar surface area (TPSA) is 47.4 Å². The number of rotatable bonds is 7. The minimum atomic E-state index is 0.160. The van der Waals surface area contributed by atoms with Crippen molar-refractivity contribution >= 4 is 28.7 Å². The molecule has 0 saturated heterocycles. The summed E-state index contributed by atoms with van der Waals surface area (Å²) in [5, 5.41) is 0.831. The van der Waals surface area contributed by atoms with Gasteiger partial charge in [-0.15, -0.1) is 0 Å². The van der Waals surface area contributed by atoms with E-state index in [-0.39, 0.29) is 5.91 Å². The predicted octanol–water partition coefficient (Wildman–Crippen LogP) is 4.14. The molecule has 5 nitrogen and oxygen atoms in total. The Bertz CT molecular complexity index is 948. The quantitative estimate of drug-likeness (QED) is 0.577. The molecule has 1 saturated carbocycles. The van der Waals surface area contributed by atoms with Crippen LogP contribution >= 0.6 is 11.8 Å². The van der Waals surface area contributed by atoms with Gasteiger partial charge in [-0.2, -0.15) is 0 Å². The van der Waals surface area contributed by atoms with Gasteiger partial charge in [-0.25, -0.2) is 4.98 Å². The van der Waals surface area contributed by atoms with Gasteiger partial charge in [0.05, 0.1) is 23.4 Å². The molecule has 0 bridgehead atoms. The van der Waals surface area contributed by atoms with Crippen LogP contribution in [0.4, 0.5) is 0 Å². The summed E-state index contributed by atoms with van der Waals surface area (Å²) < 4.78 is 7.66. The first-order chi connectivity index (χ1) is 13.2. The summed E-state index contributed by atoms with van der Waals surface area (Å²) in [7, 11) is 1.90. The zero-order valence-corrected chi connectivity index (χ0v) is 16.4. The number of carbonyl (C=O) groups excluding carboxylic acids is 1. The number of carbonyl (C=O) groups is 1. The van der Waals surface area contributed by atoms with Crippen molar-refractivity contribution < 1.29 is 9.53 Å². The van der Waals surface area contributed by atoms with E-state index in [0.29, 0.717) is 18.4 Å². The minimum absolute atomic E-state index is 0.160. The molecule has 0 spiro atoms. The average molecular weight is 382 g/mol. The molecule has 6 heteroatoms. The fraction of sp³-hybridized carbons (Fsp3) is 0.333. The molecule has 2 aromatic carbocycles. The van der Waals surface area contributed by atoms with Gasteiger partial charge >= 0.3 is 0 Å². The smallest absolute Gasteiger partial charge is 0.233 e. The average Bonchev–Trinajstić information content (AvgIpc) is 3.47. The molecule has 0 N–H and O–H groups in total. The number of benzene rings is 2. The number of hydrogen-bond donors (Lipinski definition) is 0. The summed E-state index contributed by atoms with van der Waals surface area (Å²) in [6, 6.07) is 16.5. The lowest BCUT2D eigenvalue weighted by molar-refractivity contribution is -0.127. The van der Waals surface area contributed by atoms with Crippen molar-refractivity contribution in [3.63, 3.8) is 0 Å². The molecule has 4 rings (SSSR count). The second-order valence-corrected chi connectivity index (χ2v) is 7.61. The van der Waals surface area contributed by atoms with Gasteiger partial charge in [0.1, 0.15) is 5.75 Å². The van der Waals surface area contributed by atoms with Crippen LogP contribution in [0.25, 0.3) is 16.7 Å². The molecule has 1 aliphatic carbocycles. The Labute approximate surface area is 163 Å². The Morgan fingerprint density at radius 3 is 2.67 bits per heavy atom. The Balaban J connectivity index is 1.63. The van der Waals surface area contributed by atoms with Crippen molar-refractivity contribution in [3.8, 4) is 11.4 Å². The number of hydrogen-bond acceptors (Lipinski definition) is 4. The third-order valence-electron chi connectivity index (χ3n) is 4.75. The fourth-order valence-electron chi connectivity index (χ4n) is 3.10.